The minimum atomic E-state index is 0.0377. The highest BCUT2D eigenvalue weighted by molar-refractivity contribution is 6.42. The molecule has 1 N–H and O–H groups in total. The molecule has 210 valence electrons. The number of nitrogens with one attached hydrogen (secondary N) is 1. The summed E-state index contributed by atoms with van der Waals surface area (Å²) in [6.07, 6.45) is 5.12. The van der Waals surface area contributed by atoms with Gasteiger partial charge in [-0.25, -0.2) is 0 Å². The van der Waals surface area contributed by atoms with E-state index in [0.717, 1.165) is 63.8 Å². The molecule has 0 atom stereocenters. The molecular formula is C33H37Cl2N3O2. The third kappa shape index (κ3) is 5.20. The smallest absolute Gasteiger partial charge is 0.223 e. The lowest BCUT2D eigenvalue weighted by atomic mass is 9.91. The van der Waals surface area contributed by atoms with Gasteiger partial charge in [-0.3, -0.25) is 9.69 Å². The van der Waals surface area contributed by atoms with E-state index in [0.29, 0.717) is 28.4 Å². The number of halogens is 2. The largest absolute Gasteiger partial charge is 0.496 e. The monoisotopic (exact) mass is 577 g/mol. The van der Waals surface area contributed by atoms with E-state index < -0.39 is 0 Å². The molecule has 0 saturated carbocycles. The van der Waals surface area contributed by atoms with Crippen molar-refractivity contribution in [3.05, 3.63) is 80.8 Å². The predicted molar refractivity (Wildman–Crippen MR) is 164 cm³/mol. The van der Waals surface area contributed by atoms with Crippen molar-refractivity contribution in [3.8, 4) is 16.9 Å². The molecule has 3 aromatic carbocycles. The van der Waals surface area contributed by atoms with Crippen LogP contribution in [0.15, 0.2) is 48.5 Å². The second-order valence-electron chi connectivity index (χ2n) is 11.3. The number of piperidine rings is 1. The second-order valence-corrected chi connectivity index (χ2v) is 12.2. The van der Waals surface area contributed by atoms with Crippen molar-refractivity contribution in [2.75, 3.05) is 38.2 Å². The number of ether oxygens (including phenoxy) is 1. The van der Waals surface area contributed by atoms with Crippen LogP contribution in [0, 0.1) is 5.92 Å². The average molecular weight is 579 g/mol. The zero-order valence-corrected chi connectivity index (χ0v) is 24.8. The van der Waals surface area contributed by atoms with E-state index in [1.165, 1.54) is 27.9 Å². The van der Waals surface area contributed by atoms with Crippen LogP contribution >= 0.6 is 23.2 Å². The summed E-state index contributed by atoms with van der Waals surface area (Å²) in [5, 5.41) is 3.99. The number of hydrogen-bond acceptors (Lipinski definition) is 4. The molecule has 6 rings (SSSR count). The van der Waals surface area contributed by atoms with Crippen LogP contribution in [0.25, 0.3) is 11.1 Å². The summed E-state index contributed by atoms with van der Waals surface area (Å²) in [4.78, 5) is 18.1. The van der Waals surface area contributed by atoms with Crippen LogP contribution in [-0.4, -0.2) is 50.1 Å². The molecule has 0 unspecified atom stereocenters. The first kappa shape index (κ1) is 27.4. The number of anilines is 1. The van der Waals surface area contributed by atoms with Crippen LogP contribution < -0.4 is 15.0 Å². The molecule has 7 heteroatoms. The number of fused-ring (bicyclic) bond motifs is 3. The maximum absolute atomic E-state index is 13.0. The molecule has 5 nitrogen and oxygen atoms in total. The van der Waals surface area contributed by atoms with Crippen molar-refractivity contribution in [1.29, 1.82) is 0 Å². The fourth-order valence-corrected chi connectivity index (χ4v) is 7.06. The van der Waals surface area contributed by atoms with Gasteiger partial charge >= 0.3 is 0 Å². The lowest BCUT2D eigenvalue weighted by molar-refractivity contribution is -0.126. The quantitative estimate of drug-likeness (QED) is 0.252. The Labute approximate surface area is 247 Å². The van der Waals surface area contributed by atoms with Gasteiger partial charge in [-0.1, -0.05) is 66.9 Å². The first-order chi connectivity index (χ1) is 19.5. The van der Waals surface area contributed by atoms with Gasteiger partial charge in [0.1, 0.15) is 5.75 Å². The Hall–Kier alpha value is -2.73. The Morgan fingerprint density at radius 3 is 2.52 bits per heavy atom. The van der Waals surface area contributed by atoms with Gasteiger partial charge in [-0.2, -0.15) is 0 Å². The van der Waals surface area contributed by atoms with Crippen LogP contribution in [0.2, 0.25) is 10.0 Å². The summed E-state index contributed by atoms with van der Waals surface area (Å²) < 4.78 is 5.41. The Morgan fingerprint density at radius 2 is 1.77 bits per heavy atom. The van der Waals surface area contributed by atoms with E-state index in [1.807, 2.05) is 0 Å². The van der Waals surface area contributed by atoms with Crippen molar-refractivity contribution in [1.82, 2.24) is 10.2 Å². The molecule has 0 radical (unpaired) electrons. The number of likely N-dealkylation sites (tertiary alicyclic amines) is 1. The summed E-state index contributed by atoms with van der Waals surface area (Å²) in [6.45, 7) is 6.73. The van der Waals surface area contributed by atoms with Crippen LogP contribution in [-0.2, 0) is 24.2 Å². The van der Waals surface area contributed by atoms with Gasteiger partial charge in [-0.15, -0.1) is 0 Å². The Bertz CT molecular complexity index is 1410. The van der Waals surface area contributed by atoms with Crippen molar-refractivity contribution in [2.45, 2.75) is 51.6 Å². The molecule has 0 spiro atoms. The summed E-state index contributed by atoms with van der Waals surface area (Å²) >= 11 is 12.3. The van der Waals surface area contributed by atoms with E-state index in [2.05, 4.69) is 58.4 Å². The summed E-state index contributed by atoms with van der Waals surface area (Å²) in [5.41, 5.74) is 9.63. The van der Waals surface area contributed by atoms with E-state index in [1.54, 1.807) is 24.8 Å². The van der Waals surface area contributed by atoms with Crippen LogP contribution in [0.4, 0.5) is 5.69 Å². The van der Waals surface area contributed by atoms with Gasteiger partial charge < -0.3 is 15.0 Å². The Kier molecular flexibility index (Phi) is 7.98. The molecule has 2 heterocycles. The highest BCUT2D eigenvalue weighted by Crippen LogP contribution is 2.43. The number of methoxy groups -OCH3 is 1. The number of carbonyl (C=O) groups excluding carboxylic acids is 1. The van der Waals surface area contributed by atoms with Crippen molar-refractivity contribution >= 4 is 34.8 Å². The zero-order chi connectivity index (χ0) is 27.8. The van der Waals surface area contributed by atoms with Crippen LogP contribution in [0.5, 0.6) is 5.75 Å². The summed E-state index contributed by atoms with van der Waals surface area (Å²) in [5.74, 6) is 0.774. The predicted octanol–water partition coefficient (Wildman–Crippen LogP) is 6.74. The van der Waals surface area contributed by atoms with Crippen molar-refractivity contribution in [3.63, 3.8) is 0 Å². The molecule has 40 heavy (non-hydrogen) atoms. The van der Waals surface area contributed by atoms with E-state index >= 15 is 0 Å². The van der Waals surface area contributed by atoms with E-state index in [9.17, 15) is 4.79 Å². The lowest BCUT2D eigenvalue weighted by Crippen LogP contribution is -2.61. The number of hydrogen-bond donors (Lipinski definition) is 1. The van der Waals surface area contributed by atoms with Crippen molar-refractivity contribution in [2.24, 2.45) is 5.92 Å². The number of amides is 1. The van der Waals surface area contributed by atoms with E-state index in [4.69, 9.17) is 27.9 Å². The van der Waals surface area contributed by atoms with Gasteiger partial charge in [0.15, 0.2) is 0 Å². The van der Waals surface area contributed by atoms with Crippen LogP contribution in [0.3, 0.4) is 0 Å². The average Bonchev–Trinajstić information content (AvgIpc) is 3.33. The SMILES string of the molecule is CCCc1c(N2CC(N3CCC(C(=O)NCc4cc(Cl)c(Cl)cc4OC)CC3)C2)ccc2c1Cc1ccccc1-2. The summed E-state index contributed by atoms with van der Waals surface area (Å²) in [6, 6.07) is 17.6. The molecule has 0 bridgehead atoms. The summed E-state index contributed by atoms with van der Waals surface area (Å²) in [7, 11) is 1.59. The molecule has 3 aromatic rings. The molecule has 2 fully saturated rings. The number of benzene rings is 3. The highest BCUT2D eigenvalue weighted by atomic mass is 35.5. The zero-order valence-electron chi connectivity index (χ0n) is 23.3. The lowest BCUT2D eigenvalue weighted by Gasteiger charge is -2.49. The maximum Gasteiger partial charge on any atom is 0.223 e. The van der Waals surface area contributed by atoms with Gasteiger partial charge in [0.05, 0.1) is 17.2 Å². The molecule has 2 saturated heterocycles. The molecule has 1 amide bonds. The second kappa shape index (κ2) is 11.6. The third-order valence-corrected chi connectivity index (χ3v) is 9.70. The molecule has 3 aliphatic rings. The number of rotatable bonds is 8. The first-order valence-corrected chi connectivity index (χ1v) is 15.2. The molecular weight excluding hydrogens is 541 g/mol. The van der Waals surface area contributed by atoms with Gasteiger partial charge in [0.25, 0.3) is 0 Å². The normalized spacial score (nSPS) is 17.4. The topological polar surface area (TPSA) is 44.8 Å². The number of nitrogens with zero attached hydrogens (tertiary/aromatic N) is 2. The molecule has 0 aromatic heterocycles. The standard InChI is InChI=1S/C33H37Cl2N3O2/c1-3-6-27-28-15-22-7-4-5-8-25(22)26(28)9-10-31(27)38-19-24(20-38)37-13-11-21(12-14-37)33(39)36-18-23-16-29(34)30(35)17-32(23)40-2/h4-5,7-10,16-17,21,24H,3,6,11-15,18-20H2,1-2H3,(H,36,39). The van der Waals surface area contributed by atoms with Gasteiger partial charge in [0, 0.05) is 48.9 Å². The van der Waals surface area contributed by atoms with Gasteiger partial charge in [-0.05, 0) is 78.7 Å². The maximum atomic E-state index is 13.0. The minimum Gasteiger partial charge on any atom is -0.496 e. The minimum absolute atomic E-state index is 0.0377. The molecule has 1 aliphatic carbocycles. The number of carbonyl (C=O) groups is 1. The Morgan fingerprint density at radius 1 is 1.02 bits per heavy atom. The van der Waals surface area contributed by atoms with Gasteiger partial charge in [0.2, 0.25) is 5.91 Å². The fourth-order valence-electron chi connectivity index (χ4n) is 6.72. The highest BCUT2D eigenvalue weighted by Gasteiger charge is 2.37. The van der Waals surface area contributed by atoms with Crippen LogP contribution in [0.1, 0.15) is 48.4 Å². The third-order valence-electron chi connectivity index (χ3n) is 8.98. The Balaban J connectivity index is 1.03. The fraction of sp³-hybridized carbons (Fsp3) is 0.424. The van der Waals surface area contributed by atoms with E-state index in [-0.39, 0.29) is 11.8 Å². The first-order valence-electron chi connectivity index (χ1n) is 14.5. The molecule has 2 aliphatic heterocycles. The van der Waals surface area contributed by atoms with Crippen molar-refractivity contribution < 1.29 is 9.53 Å².